The Morgan fingerprint density at radius 3 is 1.32 bits per heavy atom. The monoisotopic (exact) mass is 436 g/mol. The molecule has 0 fully saturated rings. The van der Waals surface area contributed by atoms with Gasteiger partial charge in [-0.15, -0.1) is 0 Å². The summed E-state index contributed by atoms with van der Waals surface area (Å²) < 4.78 is 0. The minimum atomic E-state index is 0.116. The van der Waals surface area contributed by atoms with Gasteiger partial charge in [0, 0.05) is 0 Å². The van der Waals surface area contributed by atoms with Crippen molar-refractivity contribution in [2.24, 2.45) is 0 Å². The lowest BCUT2D eigenvalue weighted by Crippen LogP contribution is -2.12. The molecule has 0 N–H and O–H groups in total. The van der Waals surface area contributed by atoms with Crippen LogP contribution in [-0.2, 0) is 5.41 Å². The maximum atomic E-state index is 2.33. The third-order valence-electron chi connectivity index (χ3n) is 6.98. The van der Waals surface area contributed by atoms with E-state index in [1.54, 1.807) is 0 Å². The number of hydrogen-bond donors (Lipinski definition) is 0. The number of fused-ring (bicyclic) bond motifs is 3. The Bertz CT molecular complexity index is 1710. The summed E-state index contributed by atoms with van der Waals surface area (Å²) in [5.74, 6) is 0. The summed E-state index contributed by atoms with van der Waals surface area (Å²) in [6.45, 7) is 6.94. The highest BCUT2D eigenvalue weighted by Crippen LogP contribution is 2.43. The third-order valence-corrected chi connectivity index (χ3v) is 6.98. The maximum absolute atomic E-state index is 2.33. The number of rotatable bonds is 0. The average molecular weight is 437 g/mol. The van der Waals surface area contributed by atoms with Gasteiger partial charge in [0.05, 0.1) is 0 Å². The minimum absolute atomic E-state index is 0.116. The fraction of sp³-hybridized carbons (Fsp3) is 0.118. The Kier molecular flexibility index (Phi) is 4.78. The topological polar surface area (TPSA) is 0 Å². The summed E-state index contributed by atoms with van der Waals surface area (Å²) in [5.41, 5.74) is 1.55. The predicted octanol–water partition coefficient (Wildman–Crippen LogP) is 9.87. The van der Waals surface area contributed by atoms with Gasteiger partial charge in [0.25, 0.3) is 0 Å². The molecule has 0 atom stereocenters. The summed E-state index contributed by atoms with van der Waals surface area (Å²) in [6, 6.07) is 41.4. The molecule has 0 bridgehead atoms. The molecule has 0 aliphatic carbocycles. The molecule has 0 heteroatoms. The van der Waals surface area contributed by atoms with Gasteiger partial charge in [0.1, 0.15) is 0 Å². The highest BCUT2D eigenvalue weighted by atomic mass is 14.2. The molecular weight excluding hydrogens is 408 g/mol. The van der Waals surface area contributed by atoms with Crippen molar-refractivity contribution >= 4 is 53.9 Å². The summed E-state index contributed by atoms with van der Waals surface area (Å²) >= 11 is 0. The molecule has 0 unspecified atom stereocenters. The fourth-order valence-corrected chi connectivity index (χ4v) is 5.42. The molecule has 7 rings (SSSR count). The predicted molar refractivity (Wildman–Crippen MR) is 150 cm³/mol. The molecule has 0 radical (unpaired) electrons. The molecule has 34 heavy (non-hydrogen) atoms. The standard InChI is InChI=1S/C24H20.C10H8/c1-24(2,3)20-14-13-16-9-5-11-18-17-10-4-7-15-8-6-12-19(21(15)17)23(20)22(16)18;1-2-6-10-8-4-3-7-9(10)5-1/h4-14H,1-3H3;1-8H. The van der Waals surface area contributed by atoms with Crippen LogP contribution in [0.5, 0.6) is 0 Å². The summed E-state index contributed by atoms with van der Waals surface area (Å²) in [6.07, 6.45) is 0. The van der Waals surface area contributed by atoms with Crippen molar-refractivity contribution in [2.75, 3.05) is 0 Å². The van der Waals surface area contributed by atoms with Crippen molar-refractivity contribution in [3.63, 3.8) is 0 Å². The van der Waals surface area contributed by atoms with Crippen LogP contribution in [0.15, 0.2) is 115 Å². The minimum Gasteiger partial charge on any atom is -0.0616 e. The molecule has 7 aromatic rings. The van der Waals surface area contributed by atoms with Crippen molar-refractivity contribution in [3.05, 3.63) is 121 Å². The summed E-state index contributed by atoms with van der Waals surface area (Å²) in [7, 11) is 0. The maximum Gasteiger partial charge on any atom is -0.00234 e. The quantitative estimate of drug-likeness (QED) is 0.164. The molecule has 0 saturated carbocycles. The van der Waals surface area contributed by atoms with Gasteiger partial charge >= 0.3 is 0 Å². The van der Waals surface area contributed by atoms with E-state index in [0.717, 1.165) is 0 Å². The summed E-state index contributed by atoms with van der Waals surface area (Å²) in [4.78, 5) is 0. The van der Waals surface area contributed by atoms with Crippen molar-refractivity contribution in [1.82, 2.24) is 0 Å². The Balaban J connectivity index is 0.000000182. The van der Waals surface area contributed by atoms with E-state index >= 15 is 0 Å². The zero-order valence-corrected chi connectivity index (χ0v) is 20.0. The first-order chi connectivity index (χ1) is 16.5. The molecule has 0 aromatic heterocycles. The van der Waals surface area contributed by atoms with Crippen LogP contribution in [0.2, 0.25) is 0 Å². The molecule has 7 aromatic carbocycles. The fourth-order valence-electron chi connectivity index (χ4n) is 5.42. The highest BCUT2D eigenvalue weighted by Gasteiger charge is 2.21. The molecule has 0 aliphatic rings. The molecule has 164 valence electrons. The zero-order chi connectivity index (χ0) is 23.3. The Morgan fingerprint density at radius 2 is 0.794 bits per heavy atom. The molecule has 0 aliphatic heterocycles. The third kappa shape index (κ3) is 3.30. The van der Waals surface area contributed by atoms with E-state index in [9.17, 15) is 0 Å². The van der Waals surface area contributed by atoms with Gasteiger partial charge in [-0.05, 0) is 64.8 Å². The first-order valence-corrected chi connectivity index (χ1v) is 12.0. The molecular formula is C34H28. The van der Waals surface area contributed by atoms with E-state index in [-0.39, 0.29) is 5.41 Å². The van der Waals surface area contributed by atoms with Crippen LogP contribution in [0.3, 0.4) is 0 Å². The van der Waals surface area contributed by atoms with Gasteiger partial charge in [-0.2, -0.15) is 0 Å². The van der Waals surface area contributed by atoms with Gasteiger partial charge < -0.3 is 0 Å². The van der Waals surface area contributed by atoms with E-state index in [1.807, 2.05) is 0 Å². The van der Waals surface area contributed by atoms with Crippen LogP contribution in [0.4, 0.5) is 0 Å². The second-order valence-corrected chi connectivity index (χ2v) is 10.2. The zero-order valence-electron chi connectivity index (χ0n) is 20.0. The smallest absolute Gasteiger partial charge is 0.00234 e. The van der Waals surface area contributed by atoms with Crippen molar-refractivity contribution in [2.45, 2.75) is 26.2 Å². The van der Waals surface area contributed by atoms with E-state index in [2.05, 4.69) is 136 Å². The first kappa shape index (κ1) is 20.7. The van der Waals surface area contributed by atoms with Gasteiger partial charge in [0.15, 0.2) is 0 Å². The number of hydrogen-bond acceptors (Lipinski definition) is 0. The number of benzene rings is 7. The van der Waals surface area contributed by atoms with Crippen LogP contribution >= 0.6 is 0 Å². The second-order valence-electron chi connectivity index (χ2n) is 10.2. The second kappa shape index (κ2) is 7.85. The Labute approximate surface area is 200 Å². The van der Waals surface area contributed by atoms with Crippen LogP contribution < -0.4 is 0 Å². The van der Waals surface area contributed by atoms with Crippen molar-refractivity contribution in [3.8, 4) is 0 Å². The van der Waals surface area contributed by atoms with Crippen LogP contribution in [0.25, 0.3) is 53.9 Å². The van der Waals surface area contributed by atoms with Gasteiger partial charge in [-0.25, -0.2) is 0 Å². The van der Waals surface area contributed by atoms with Gasteiger partial charge in [0.2, 0.25) is 0 Å². The largest absolute Gasteiger partial charge is 0.0616 e. The lowest BCUT2D eigenvalue weighted by atomic mass is 9.79. The first-order valence-electron chi connectivity index (χ1n) is 12.0. The normalized spacial score (nSPS) is 12.0. The molecule has 0 spiro atoms. The lowest BCUT2D eigenvalue weighted by Gasteiger charge is -2.24. The van der Waals surface area contributed by atoms with E-state index < -0.39 is 0 Å². The highest BCUT2D eigenvalue weighted by molar-refractivity contribution is 6.33. The van der Waals surface area contributed by atoms with Crippen LogP contribution in [0.1, 0.15) is 26.3 Å². The molecule has 0 heterocycles. The van der Waals surface area contributed by atoms with Crippen molar-refractivity contribution < 1.29 is 0 Å². The Morgan fingerprint density at radius 1 is 0.353 bits per heavy atom. The van der Waals surface area contributed by atoms with Gasteiger partial charge in [-0.1, -0.05) is 136 Å². The molecule has 0 saturated heterocycles. The Hall–Kier alpha value is -3.90. The average Bonchev–Trinajstić information content (AvgIpc) is 2.86. The molecule has 0 amide bonds. The SMILES string of the molecule is CC(C)(C)c1ccc2cccc3c4cccc5cccc(c1c23)c54.c1ccc2ccccc2c1. The lowest BCUT2D eigenvalue weighted by molar-refractivity contribution is 0.596. The van der Waals surface area contributed by atoms with Gasteiger partial charge in [-0.3, -0.25) is 0 Å². The van der Waals surface area contributed by atoms with E-state index in [4.69, 9.17) is 0 Å². The van der Waals surface area contributed by atoms with E-state index in [0.29, 0.717) is 0 Å². The van der Waals surface area contributed by atoms with Crippen LogP contribution in [-0.4, -0.2) is 0 Å². The molecule has 0 nitrogen and oxygen atoms in total. The summed E-state index contributed by atoms with van der Waals surface area (Å²) in [5, 5.41) is 13.7. The van der Waals surface area contributed by atoms with Crippen LogP contribution in [0, 0.1) is 0 Å². The van der Waals surface area contributed by atoms with Crippen molar-refractivity contribution in [1.29, 1.82) is 0 Å². The van der Waals surface area contributed by atoms with E-state index in [1.165, 1.54) is 59.4 Å².